The molecule has 2 unspecified atom stereocenters. The molecule has 0 amide bonds. The lowest BCUT2D eigenvalue weighted by Gasteiger charge is -2.40. The number of aliphatic hydroxyl groups is 1. The van der Waals surface area contributed by atoms with Crippen molar-refractivity contribution in [3.8, 4) is 0 Å². The van der Waals surface area contributed by atoms with Gasteiger partial charge in [0.2, 0.25) is 0 Å². The van der Waals surface area contributed by atoms with Crippen LogP contribution in [0.15, 0.2) is 22.9 Å². The van der Waals surface area contributed by atoms with E-state index in [2.05, 4.69) is 48.7 Å². The van der Waals surface area contributed by atoms with Crippen molar-refractivity contribution in [2.75, 3.05) is 7.05 Å². The Morgan fingerprint density at radius 3 is 1.96 bits per heavy atom. The van der Waals surface area contributed by atoms with Crippen LogP contribution in [0.2, 0.25) is 0 Å². The maximum absolute atomic E-state index is 11.9. The quantitative estimate of drug-likeness (QED) is 0.835. The largest absolute Gasteiger partial charge is 0.379 e. The highest BCUT2D eigenvalue weighted by Gasteiger charge is 2.44. The van der Waals surface area contributed by atoms with Crippen molar-refractivity contribution in [3.63, 3.8) is 0 Å². The number of hydrogen-bond acceptors (Lipinski definition) is 4. The molecular weight excluding hydrogens is 334 g/mol. The summed E-state index contributed by atoms with van der Waals surface area (Å²) in [6.07, 6.45) is 6.03. The van der Waals surface area contributed by atoms with Gasteiger partial charge < -0.3 is 10.0 Å². The second-order valence-corrected chi connectivity index (χ2v) is 9.65. The Balaban J connectivity index is 1.67. The first-order valence-corrected chi connectivity index (χ1v) is 10.8. The van der Waals surface area contributed by atoms with Gasteiger partial charge in [0.15, 0.2) is 0 Å². The molecule has 130 valence electrons. The van der Waals surface area contributed by atoms with E-state index in [0.717, 1.165) is 28.3 Å². The first-order chi connectivity index (χ1) is 11.5. The van der Waals surface area contributed by atoms with Gasteiger partial charge in [-0.05, 0) is 92.9 Å². The van der Waals surface area contributed by atoms with Crippen molar-refractivity contribution in [3.05, 3.63) is 43.8 Å². The van der Waals surface area contributed by atoms with Crippen molar-refractivity contribution >= 4 is 22.7 Å². The highest BCUT2D eigenvalue weighted by atomic mass is 32.1. The molecule has 2 aromatic rings. The van der Waals surface area contributed by atoms with E-state index in [9.17, 15) is 5.11 Å². The van der Waals surface area contributed by atoms with Crippen LogP contribution in [0, 0.1) is 19.8 Å². The molecule has 2 bridgehead atoms. The molecule has 2 atom stereocenters. The smallest absolute Gasteiger partial charge is 0.134 e. The molecular formula is C20H27NOS2. The predicted molar refractivity (Wildman–Crippen MR) is 103 cm³/mol. The van der Waals surface area contributed by atoms with Crippen LogP contribution in [0.5, 0.6) is 0 Å². The number of aryl methyl sites for hydroxylation is 2. The van der Waals surface area contributed by atoms with Crippen LogP contribution in [-0.4, -0.2) is 29.1 Å². The van der Waals surface area contributed by atoms with E-state index in [-0.39, 0.29) is 0 Å². The summed E-state index contributed by atoms with van der Waals surface area (Å²) in [5, 5.41) is 16.2. The van der Waals surface area contributed by atoms with Crippen LogP contribution in [-0.2, 0) is 5.60 Å². The molecule has 2 aliphatic rings. The minimum atomic E-state index is -0.809. The third-order valence-electron chi connectivity index (χ3n) is 6.26. The zero-order valence-corrected chi connectivity index (χ0v) is 16.4. The molecule has 4 rings (SSSR count). The molecule has 2 aromatic heterocycles. The molecule has 0 radical (unpaired) electrons. The van der Waals surface area contributed by atoms with Gasteiger partial charge in [-0.3, -0.25) is 0 Å². The van der Waals surface area contributed by atoms with E-state index in [4.69, 9.17) is 0 Å². The molecule has 2 saturated heterocycles. The average Bonchev–Trinajstić information content (AvgIpc) is 3.20. The van der Waals surface area contributed by atoms with E-state index in [1.807, 2.05) is 0 Å². The van der Waals surface area contributed by atoms with Gasteiger partial charge in [-0.15, -0.1) is 22.7 Å². The molecule has 1 N–H and O–H groups in total. The maximum Gasteiger partial charge on any atom is 0.134 e. The minimum absolute atomic E-state index is 0.617. The lowest BCUT2D eigenvalue weighted by Crippen LogP contribution is -2.42. The Morgan fingerprint density at radius 1 is 1.04 bits per heavy atom. The van der Waals surface area contributed by atoms with Gasteiger partial charge in [0.05, 0.1) is 0 Å². The molecule has 24 heavy (non-hydrogen) atoms. The minimum Gasteiger partial charge on any atom is -0.379 e. The number of rotatable bonds is 4. The average molecular weight is 362 g/mol. The second-order valence-electron chi connectivity index (χ2n) is 7.82. The highest BCUT2D eigenvalue weighted by Crippen LogP contribution is 2.48. The first-order valence-electron chi connectivity index (χ1n) is 9.02. The molecule has 0 spiro atoms. The summed E-state index contributed by atoms with van der Waals surface area (Å²) in [7, 11) is 2.29. The Morgan fingerprint density at radius 2 is 1.54 bits per heavy atom. The number of piperidine rings is 1. The molecule has 0 aliphatic carbocycles. The van der Waals surface area contributed by atoms with Crippen molar-refractivity contribution < 1.29 is 5.11 Å². The Kier molecular flexibility index (Phi) is 4.36. The maximum atomic E-state index is 11.9. The third-order valence-corrected chi connectivity index (χ3v) is 8.59. The molecule has 2 nitrogen and oxygen atoms in total. The molecule has 2 aliphatic heterocycles. The zero-order valence-electron chi connectivity index (χ0n) is 14.8. The molecule has 2 fully saturated rings. The monoisotopic (exact) mass is 361 g/mol. The molecule has 0 aromatic carbocycles. The van der Waals surface area contributed by atoms with E-state index in [0.29, 0.717) is 5.92 Å². The van der Waals surface area contributed by atoms with Crippen LogP contribution >= 0.6 is 22.7 Å². The SMILES string of the molecule is Cc1ccsc1C(O)(CC1CC2CCC(C1)N2C)c1sccc1C. The molecule has 4 heterocycles. The van der Waals surface area contributed by atoms with Gasteiger partial charge in [-0.2, -0.15) is 0 Å². The van der Waals surface area contributed by atoms with Gasteiger partial charge in [0.1, 0.15) is 5.60 Å². The fraction of sp³-hybridized carbons (Fsp3) is 0.600. The van der Waals surface area contributed by atoms with E-state index in [1.165, 1.54) is 36.8 Å². The fourth-order valence-corrected chi connectivity index (χ4v) is 7.14. The molecule has 0 saturated carbocycles. The van der Waals surface area contributed by atoms with Crippen molar-refractivity contribution in [2.24, 2.45) is 5.92 Å². The number of nitrogens with zero attached hydrogens (tertiary/aromatic N) is 1. The van der Waals surface area contributed by atoms with Crippen LogP contribution in [0.3, 0.4) is 0 Å². The van der Waals surface area contributed by atoms with E-state index >= 15 is 0 Å². The number of fused-ring (bicyclic) bond motifs is 2. The van der Waals surface area contributed by atoms with Crippen LogP contribution in [0.25, 0.3) is 0 Å². The summed E-state index contributed by atoms with van der Waals surface area (Å²) in [5.74, 6) is 0.617. The van der Waals surface area contributed by atoms with Crippen LogP contribution in [0.4, 0.5) is 0 Å². The summed E-state index contributed by atoms with van der Waals surface area (Å²) in [6.45, 7) is 4.27. The topological polar surface area (TPSA) is 23.5 Å². The lowest BCUT2D eigenvalue weighted by atomic mass is 9.79. The van der Waals surface area contributed by atoms with Gasteiger partial charge in [0, 0.05) is 21.8 Å². The van der Waals surface area contributed by atoms with Gasteiger partial charge in [-0.25, -0.2) is 0 Å². The standard InChI is InChI=1S/C20H27NOS2/c1-13-6-8-23-18(13)20(22,19-14(2)7-9-24-19)12-15-10-16-4-5-17(11-15)21(16)3/h6-9,15-17,22H,4-5,10-12H2,1-3H3. The van der Waals surface area contributed by atoms with Crippen molar-refractivity contribution in [2.45, 2.75) is 63.6 Å². The van der Waals surface area contributed by atoms with Crippen LogP contribution in [0.1, 0.15) is 53.0 Å². The summed E-state index contributed by atoms with van der Waals surface area (Å²) in [4.78, 5) is 4.89. The number of thiophene rings is 2. The van der Waals surface area contributed by atoms with Crippen molar-refractivity contribution in [1.82, 2.24) is 4.90 Å². The summed E-state index contributed by atoms with van der Waals surface area (Å²) in [6, 6.07) is 5.75. The van der Waals surface area contributed by atoms with Gasteiger partial charge in [-0.1, -0.05) is 0 Å². The van der Waals surface area contributed by atoms with E-state index in [1.54, 1.807) is 22.7 Å². The first kappa shape index (κ1) is 16.8. The Labute approximate surface area is 153 Å². The Hall–Kier alpha value is -0.680. The molecule has 4 heteroatoms. The van der Waals surface area contributed by atoms with Crippen molar-refractivity contribution in [1.29, 1.82) is 0 Å². The summed E-state index contributed by atoms with van der Waals surface area (Å²) < 4.78 is 0. The normalized spacial score (nSPS) is 27.8. The lowest BCUT2D eigenvalue weighted by molar-refractivity contribution is 0.0313. The zero-order chi connectivity index (χ0) is 16.9. The third kappa shape index (κ3) is 2.68. The van der Waals surface area contributed by atoms with E-state index < -0.39 is 5.60 Å². The van der Waals surface area contributed by atoms with Gasteiger partial charge >= 0.3 is 0 Å². The highest BCUT2D eigenvalue weighted by molar-refractivity contribution is 7.12. The number of hydrogen-bond donors (Lipinski definition) is 1. The fourth-order valence-electron chi connectivity index (χ4n) is 4.99. The Bertz CT molecular complexity index is 665. The van der Waals surface area contributed by atoms with Crippen LogP contribution < -0.4 is 0 Å². The second kappa shape index (κ2) is 6.24. The predicted octanol–water partition coefficient (Wildman–Crippen LogP) is 4.93. The summed E-state index contributed by atoms with van der Waals surface area (Å²) >= 11 is 3.43. The van der Waals surface area contributed by atoms with Gasteiger partial charge in [0.25, 0.3) is 0 Å². The summed E-state index contributed by atoms with van der Waals surface area (Å²) in [5.41, 5.74) is 1.65.